The van der Waals surface area contributed by atoms with Gasteiger partial charge in [-0.3, -0.25) is 4.79 Å². The van der Waals surface area contributed by atoms with Gasteiger partial charge >= 0.3 is 6.18 Å². The first kappa shape index (κ1) is 19.3. The molecule has 4 rings (SSSR count). The summed E-state index contributed by atoms with van der Waals surface area (Å²) in [5.74, 6) is -0.268. The van der Waals surface area contributed by atoms with Crippen molar-refractivity contribution >= 4 is 22.9 Å². The lowest BCUT2D eigenvalue weighted by Gasteiger charge is -2.25. The van der Waals surface area contributed by atoms with Crippen LogP contribution in [0, 0.1) is 0 Å². The first-order chi connectivity index (χ1) is 13.8. The van der Waals surface area contributed by atoms with Crippen LogP contribution in [0.5, 0.6) is 5.75 Å². The molecule has 0 aromatic heterocycles. The number of carbonyl (C=O) groups excluding carboxylic acids is 1. The van der Waals surface area contributed by atoms with Crippen LogP contribution in [0.1, 0.15) is 23.1 Å². The summed E-state index contributed by atoms with van der Waals surface area (Å²) >= 11 is 0. The predicted octanol–water partition coefficient (Wildman–Crippen LogP) is 3.84. The van der Waals surface area contributed by atoms with Gasteiger partial charge in [-0.1, -0.05) is 12.1 Å². The zero-order chi connectivity index (χ0) is 20.6. The highest BCUT2D eigenvalue weighted by atomic mass is 19.4. The summed E-state index contributed by atoms with van der Waals surface area (Å²) in [6, 6.07) is 8.71. The highest BCUT2D eigenvalue weighted by molar-refractivity contribution is 6.05. The van der Waals surface area contributed by atoms with Gasteiger partial charge < -0.3 is 20.5 Å². The Morgan fingerprint density at radius 2 is 2.10 bits per heavy atom. The summed E-state index contributed by atoms with van der Waals surface area (Å²) in [6.45, 7) is 0.648. The maximum absolute atomic E-state index is 12.9. The Balaban J connectivity index is 1.58. The number of benzene rings is 2. The number of anilines is 2. The van der Waals surface area contributed by atoms with E-state index in [0.717, 1.165) is 23.4 Å². The lowest BCUT2D eigenvalue weighted by molar-refractivity contribution is -0.137. The standard InChI is InChI=1S/C21H19F3N2O3/c22-21(23,24)13-4-5-15-12(6-7-29-19(15)9-13)8-20(28)26-18-3-1-2-17-16(18)10-14(27)11-25-17/h1-5,8-9,14,25,27H,6-7,10-11H2,(H,26,28)/b12-8+. The minimum atomic E-state index is -4.46. The van der Waals surface area contributed by atoms with E-state index in [1.807, 2.05) is 6.07 Å². The average molecular weight is 404 g/mol. The molecule has 3 N–H and O–H groups in total. The number of carbonyl (C=O) groups is 1. The molecule has 0 aliphatic carbocycles. The maximum atomic E-state index is 12.9. The Labute approximate surface area is 165 Å². The number of halogens is 3. The second-order valence-corrected chi connectivity index (χ2v) is 7.04. The molecule has 0 saturated carbocycles. The third kappa shape index (κ3) is 4.07. The fourth-order valence-corrected chi connectivity index (χ4v) is 3.59. The highest BCUT2D eigenvalue weighted by Crippen LogP contribution is 2.38. The van der Waals surface area contributed by atoms with Crippen molar-refractivity contribution in [3.8, 4) is 5.75 Å². The van der Waals surface area contributed by atoms with Gasteiger partial charge in [-0.15, -0.1) is 0 Å². The largest absolute Gasteiger partial charge is 0.493 e. The van der Waals surface area contributed by atoms with Gasteiger partial charge in [0.1, 0.15) is 5.75 Å². The van der Waals surface area contributed by atoms with E-state index >= 15 is 0 Å². The van der Waals surface area contributed by atoms with Crippen LogP contribution in [-0.2, 0) is 17.4 Å². The molecule has 0 fully saturated rings. The molecule has 2 aliphatic rings. The fraction of sp³-hybridized carbons (Fsp3) is 0.286. The van der Waals surface area contributed by atoms with Crippen molar-refractivity contribution in [1.82, 2.24) is 0 Å². The number of aliphatic hydroxyl groups is 1. The van der Waals surface area contributed by atoms with Gasteiger partial charge in [0.25, 0.3) is 0 Å². The lowest BCUT2D eigenvalue weighted by atomic mass is 9.97. The van der Waals surface area contributed by atoms with E-state index in [0.29, 0.717) is 36.2 Å². The summed E-state index contributed by atoms with van der Waals surface area (Å²) in [4.78, 5) is 12.6. The van der Waals surface area contributed by atoms with Crippen molar-refractivity contribution in [2.45, 2.75) is 25.1 Å². The third-order valence-corrected chi connectivity index (χ3v) is 4.99. The molecule has 1 unspecified atom stereocenters. The summed E-state index contributed by atoms with van der Waals surface area (Å²) in [7, 11) is 0. The molecule has 5 nitrogen and oxygen atoms in total. The van der Waals surface area contributed by atoms with E-state index < -0.39 is 17.8 Å². The lowest BCUT2D eigenvalue weighted by Crippen LogP contribution is -2.28. The molecule has 0 saturated heterocycles. The number of hydrogen-bond acceptors (Lipinski definition) is 4. The van der Waals surface area contributed by atoms with Crippen molar-refractivity contribution in [3.05, 3.63) is 59.2 Å². The molecule has 29 heavy (non-hydrogen) atoms. The van der Waals surface area contributed by atoms with E-state index in [-0.39, 0.29) is 18.3 Å². The molecule has 8 heteroatoms. The van der Waals surface area contributed by atoms with Crippen molar-refractivity contribution in [2.75, 3.05) is 23.8 Å². The van der Waals surface area contributed by atoms with Gasteiger partial charge in [-0.05, 0) is 29.8 Å². The van der Waals surface area contributed by atoms with Crippen molar-refractivity contribution in [2.24, 2.45) is 0 Å². The SMILES string of the molecule is O=C(/C=C1\CCOc2cc(C(F)(F)F)ccc21)Nc1cccc2c1CC(O)CN2. The second kappa shape index (κ2) is 7.44. The van der Waals surface area contributed by atoms with Crippen LogP contribution in [0.25, 0.3) is 5.57 Å². The molecule has 2 aromatic carbocycles. The van der Waals surface area contributed by atoms with Crippen LogP contribution >= 0.6 is 0 Å². The quantitative estimate of drug-likeness (QED) is 0.666. The molecule has 1 atom stereocenters. The molecule has 0 bridgehead atoms. The van der Waals surface area contributed by atoms with Gasteiger partial charge in [0, 0.05) is 48.0 Å². The zero-order valence-corrected chi connectivity index (χ0v) is 15.3. The molecule has 152 valence electrons. The summed E-state index contributed by atoms with van der Waals surface area (Å²) in [5, 5.41) is 15.8. The van der Waals surface area contributed by atoms with Gasteiger partial charge in [0.15, 0.2) is 0 Å². The topological polar surface area (TPSA) is 70.6 Å². The Morgan fingerprint density at radius 1 is 1.28 bits per heavy atom. The van der Waals surface area contributed by atoms with Crippen LogP contribution in [0.4, 0.5) is 24.5 Å². The molecule has 0 radical (unpaired) electrons. The van der Waals surface area contributed by atoms with E-state index in [1.165, 1.54) is 12.1 Å². The van der Waals surface area contributed by atoms with Gasteiger partial charge in [-0.25, -0.2) is 0 Å². The molecule has 0 spiro atoms. The summed E-state index contributed by atoms with van der Waals surface area (Å²) in [5.41, 5.74) is 2.57. The van der Waals surface area contributed by atoms with Crippen LogP contribution in [0.2, 0.25) is 0 Å². The first-order valence-electron chi connectivity index (χ1n) is 9.21. The number of amides is 1. The van der Waals surface area contributed by atoms with Crippen molar-refractivity contribution < 1.29 is 27.8 Å². The molecular weight excluding hydrogens is 385 g/mol. The van der Waals surface area contributed by atoms with Gasteiger partial charge in [-0.2, -0.15) is 13.2 Å². The number of aliphatic hydroxyl groups excluding tert-OH is 1. The Kier molecular flexibility index (Phi) is 4.96. The monoisotopic (exact) mass is 404 g/mol. The van der Waals surface area contributed by atoms with Crippen LogP contribution in [0.3, 0.4) is 0 Å². The molecular formula is C21H19F3N2O3. The molecule has 1 amide bonds. The number of fused-ring (bicyclic) bond motifs is 2. The molecule has 2 aromatic rings. The highest BCUT2D eigenvalue weighted by Gasteiger charge is 2.32. The number of β-amino-alcohol motifs (C(OH)–C–C–N with tert-alkyl or cyclic N) is 1. The summed E-state index contributed by atoms with van der Waals surface area (Å²) < 4.78 is 44.1. The number of ether oxygens (including phenoxy) is 1. The maximum Gasteiger partial charge on any atom is 0.416 e. The van der Waals surface area contributed by atoms with Crippen molar-refractivity contribution in [3.63, 3.8) is 0 Å². The Hall–Kier alpha value is -3.00. The Bertz CT molecular complexity index is 986. The van der Waals surface area contributed by atoms with E-state index in [4.69, 9.17) is 4.74 Å². The smallest absolute Gasteiger partial charge is 0.416 e. The average Bonchev–Trinajstić information content (AvgIpc) is 2.67. The van der Waals surface area contributed by atoms with E-state index in [1.54, 1.807) is 12.1 Å². The van der Waals surface area contributed by atoms with Crippen LogP contribution in [-0.4, -0.2) is 30.3 Å². The zero-order valence-electron chi connectivity index (χ0n) is 15.3. The molecule has 2 heterocycles. The van der Waals surface area contributed by atoms with Gasteiger partial charge in [0.2, 0.25) is 5.91 Å². The van der Waals surface area contributed by atoms with E-state index in [2.05, 4.69) is 10.6 Å². The third-order valence-electron chi connectivity index (χ3n) is 4.99. The predicted molar refractivity (Wildman–Crippen MR) is 103 cm³/mol. The molecule has 2 aliphatic heterocycles. The minimum Gasteiger partial charge on any atom is -0.493 e. The number of rotatable bonds is 2. The fourth-order valence-electron chi connectivity index (χ4n) is 3.59. The number of nitrogens with one attached hydrogen (secondary N) is 2. The normalized spacial score (nSPS) is 19.6. The second-order valence-electron chi connectivity index (χ2n) is 7.04. The van der Waals surface area contributed by atoms with E-state index in [9.17, 15) is 23.1 Å². The van der Waals surface area contributed by atoms with Crippen molar-refractivity contribution in [1.29, 1.82) is 0 Å². The number of alkyl halides is 3. The van der Waals surface area contributed by atoms with Crippen LogP contribution < -0.4 is 15.4 Å². The summed E-state index contributed by atoms with van der Waals surface area (Å²) in [6.07, 6.45) is -2.77. The Morgan fingerprint density at radius 3 is 2.90 bits per heavy atom. The van der Waals surface area contributed by atoms with Gasteiger partial charge in [0.05, 0.1) is 18.3 Å². The van der Waals surface area contributed by atoms with Crippen LogP contribution in [0.15, 0.2) is 42.5 Å². The number of hydrogen-bond donors (Lipinski definition) is 3. The first-order valence-corrected chi connectivity index (χ1v) is 9.21. The minimum absolute atomic E-state index is 0.120.